The molecule has 1 atom stereocenters. The van der Waals surface area contributed by atoms with E-state index in [0.717, 1.165) is 28.2 Å². The fourth-order valence-electron chi connectivity index (χ4n) is 3.58. The van der Waals surface area contributed by atoms with Crippen molar-refractivity contribution >= 4 is 32.2 Å². The van der Waals surface area contributed by atoms with Crippen LogP contribution in [-0.2, 0) is 21.1 Å². The number of thiazole rings is 1. The Morgan fingerprint density at radius 1 is 1.38 bits per heavy atom. The fourth-order valence-corrected chi connectivity index (χ4v) is 6.01. The van der Waals surface area contributed by atoms with Crippen LogP contribution in [0.5, 0.6) is 0 Å². The van der Waals surface area contributed by atoms with Gasteiger partial charge in [0.1, 0.15) is 0 Å². The predicted molar refractivity (Wildman–Crippen MR) is 112 cm³/mol. The zero-order valence-electron chi connectivity index (χ0n) is 16.1. The molecule has 0 spiro atoms. The molecular formula is C19H21N5O3S2. The van der Waals surface area contributed by atoms with Gasteiger partial charge in [0.2, 0.25) is 5.91 Å². The van der Waals surface area contributed by atoms with Crippen LogP contribution in [0.4, 0.5) is 5.13 Å². The van der Waals surface area contributed by atoms with Crippen molar-refractivity contribution in [2.24, 2.45) is 0 Å². The molecule has 1 N–H and O–H groups in total. The number of hydrogen-bond acceptors (Lipinski definition) is 7. The summed E-state index contributed by atoms with van der Waals surface area (Å²) in [6.07, 6.45) is 4.15. The van der Waals surface area contributed by atoms with Gasteiger partial charge in [-0.2, -0.15) is 5.10 Å². The van der Waals surface area contributed by atoms with E-state index in [9.17, 15) is 13.2 Å². The van der Waals surface area contributed by atoms with Gasteiger partial charge in [0.15, 0.2) is 15.0 Å². The molecule has 0 radical (unpaired) electrons. The summed E-state index contributed by atoms with van der Waals surface area (Å²) >= 11 is 1.36. The summed E-state index contributed by atoms with van der Waals surface area (Å²) in [7, 11) is -3.00. The van der Waals surface area contributed by atoms with Crippen LogP contribution in [0.3, 0.4) is 0 Å². The minimum atomic E-state index is -3.00. The normalized spacial score (nSPS) is 18.1. The highest BCUT2D eigenvalue weighted by molar-refractivity contribution is 7.91. The van der Waals surface area contributed by atoms with Crippen molar-refractivity contribution in [3.8, 4) is 11.3 Å². The molecule has 8 nitrogen and oxygen atoms in total. The summed E-state index contributed by atoms with van der Waals surface area (Å²) in [6, 6.07) is 3.60. The van der Waals surface area contributed by atoms with Crippen LogP contribution in [0.2, 0.25) is 0 Å². The number of anilines is 1. The van der Waals surface area contributed by atoms with Gasteiger partial charge in [0.05, 0.1) is 35.4 Å². The number of rotatable bonds is 5. The van der Waals surface area contributed by atoms with Crippen molar-refractivity contribution in [3.63, 3.8) is 0 Å². The molecule has 4 rings (SSSR count). The number of nitrogens with zero attached hydrogens (tertiary/aromatic N) is 4. The van der Waals surface area contributed by atoms with Gasteiger partial charge in [0, 0.05) is 34.6 Å². The Morgan fingerprint density at radius 3 is 2.90 bits per heavy atom. The quantitative estimate of drug-likeness (QED) is 0.665. The van der Waals surface area contributed by atoms with E-state index in [-0.39, 0.29) is 29.9 Å². The van der Waals surface area contributed by atoms with E-state index in [1.165, 1.54) is 11.3 Å². The van der Waals surface area contributed by atoms with Gasteiger partial charge in [-0.1, -0.05) is 0 Å². The van der Waals surface area contributed by atoms with Crippen LogP contribution in [0, 0.1) is 13.8 Å². The van der Waals surface area contributed by atoms with E-state index in [1.807, 2.05) is 31.4 Å². The molecule has 29 heavy (non-hydrogen) atoms. The smallest absolute Gasteiger partial charge is 0.230 e. The van der Waals surface area contributed by atoms with Crippen molar-refractivity contribution in [3.05, 3.63) is 46.9 Å². The van der Waals surface area contributed by atoms with Gasteiger partial charge in [-0.25, -0.2) is 13.4 Å². The molecular weight excluding hydrogens is 410 g/mol. The standard InChI is InChI=1S/C19H21N5O3S2/c1-12-16(13(2)24(23-12)15-5-7-29(26,27)11-15)8-18(25)22-19-21-17(10-28-19)14-4-3-6-20-9-14/h3-4,6,9-10,15H,5,7-8,11H2,1-2H3,(H,21,22,25). The fraction of sp³-hybridized carbons (Fsp3) is 0.368. The lowest BCUT2D eigenvalue weighted by Crippen LogP contribution is -2.16. The SMILES string of the molecule is Cc1nn(C2CCS(=O)(=O)C2)c(C)c1CC(=O)Nc1nc(-c2cccnc2)cs1. The summed E-state index contributed by atoms with van der Waals surface area (Å²) in [5.74, 6) is 0.119. The second-order valence-corrected chi connectivity index (χ2v) is 10.2. The summed E-state index contributed by atoms with van der Waals surface area (Å²) < 4.78 is 25.3. The van der Waals surface area contributed by atoms with Gasteiger partial charge < -0.3 is 5.32 Å². The first-order chi connectivity index (χ1) is 13.8. The maximum absolute atomic E-state index is 12.6. The highest BCUT2D eigenvalue weighted by Gasteiger charge is 2.31. The zero-order valence-corrected chi connectivity index (χ0v) is 17.8. The summed E-state index contributed by atoms with van der Waals surface area (Å²) in [5, 5.41) is 9.76. The molecule has 1 fully saturated rings. The van der Waals surface area contributed by atoms with E-state index in [1.54, 1.807) is 17.1 Å². The number of sulfone groups is 1. The molecule has 0 aromatic carbocycles. The van der Waals surface area contributed by atoms with Crippen LogP contribution in [-0.4, -0.2) is 45.6 Å². The second-order valence-electron chi connectivity index (χ2n) is 7.16. The molecule has 1 amide bonds. The van der Waals surface area contributed by atoms with Crippen LogP contribution in [0.25, 0.3) is 11.3 Å². The summed E-state index contributed by atoms with van der Waals surface area (Å²) in [5.41, 5.74) is 4.08. The highest BCUT2D eigenvalue weighted by atomic mass is 32.2. The van der Waals surface area contributed by atoms with E-state index in [2.05, 4.69) is 20.4 Å². The van der Waals surface area contributed by atoms with Gasteiger partial charge in [-0.15, -0.1) is 11.3 Å². The van der Waals surface area contributed by atoms with E-state index >= 15 is 0 Å². The first-order valence-electron chi connectivity index (χ1n) is 9.23. The lowest BCUT2D eigenvalue weighted by molar-refractivity contribution is -0.115. The van der Waals surface area contributed by atoms with Crippen molar-refractivity contribution in [2.75, 3.05) is 16.8 Å². The molecule has 1 saturated heterocycles. The molecule has 1 aliphatic heterocycles. The average molecular weight is 432 g/mol. The molecule has 3 aromatic rings. The molecule has 1 aliphatic rings. The number of aryl methyl sites for hydroxylation is 1. The molecule has 0 saturated carbocycles. The Morgan fingerprint density at radius 2 is 2.21 bits per heavy atom. The molecule has 1 unspecified atom stereocenters. The Hall–Kier alpha value is -2.59. The van der Waals surface area contributed by atoms with Crippen molar-refractivity contribution in [1.29, 1.82) is 0 Å². The third-order valence-corrected chi connectivity index (χ3v) is 7.58. The number of carbonyl (C=O) groups is 1. The largest absolute Gasteiger partial charge is 0.302 e. The first kappa shape index (κ1) is 19.7. The Balaban J connectivity index is 1.46. The molecule has 0 bridgehead atoms. The number of pyridine rings is 1. The third kappa shape index (κ3) is 4.23. The number of carbonyl (C=O) groups excluding carboxylic acids is 1. The summed E-state index contributed by atoms with van der Waals surface area (Å²) in [4.78, 5) is 21.1. The topological polar surface area (TPSA) is 107 Å². The number of amides is 1. The zero-order chi connectivity index (χ0) is 20.6. The van der Waals surface area contributed by atoms with Gasteiger partial charge in [-0.3, -0.25) is 14.5 Å². The van der Waals surface area contributed by atoms with Crippen molar-refractivity contribution in [2.45, 2.75) is 32.7 Å². The van der Waals surface area contributed by atoms with Crippen LogP contribution < -0.4 is 5.32 Å². The third-order valence-electron chi connectivity index (χ3n) is 5.07. The van der Waals surface area contributed by atoms with Crippen LogP contribution >= 0.6 is 11.3 Å². The minimum Gasteiger partial charge on any atom is -0.302 e. The van der Waals surface area contributed by atoms with E-state index < -0.39 is 9.84 Å². The molecule has 10 heteroatoms. The average Bonchev–Trinajstić information content (AvgIpc) is 3.36. The van der Waals surface area contributed by atoms with Gasteiger partial charge in [-0.05, 0) is 32.4 Å². The predicted octanol–water partition coefficient (Wildman–Crippen LogP) is 2.56. The van der Waals surface area contributed by atoms with Gasteiger partial charge >= 0.3 is 0 Å². The molecule has 0 aliphatic carbocycles. The summed E-state index contributed by atoms with van der Waals surface area (Å²) in [6.45, 7) is 3.73. The number of nitrogens with one attached hydrogen (secondary N) is 1. The molecule has 152 valence electrons. The molecule has 4 heterocycles. The maximum Gasteiger partial charge on any atom is 0.230 e. The number of aromatic nitrogens is 4. The lowest BCUT2D eigenvalue weighted by Gasteiger charge is -2.11. The van der Waals surface area contributed by atoms with Gasteiger partial charge in [0.25, 0.3) is 0 Å². The Bertz CT molecular complexity index is 1150. The molecule has 3 aromatic heterocycles. The Labute approximate surface area is 172 Å². The highest BCUT2D eigenvalue weighted by Crippen LogP contribution is 2.28. The monoisotopic (exact) mass is 431 g/mol. The van der Waals surface area contributed by atoms with E-state index in [4.69, 9.17) is 0 Å². The maximum atomic E-state index is 12.6. The van der Waals surface area contributed by atoms with E-state index in [0.29, 0.717) is 11.6 Å². The first-order valence-corrected chi connectivity index (χ1v) is 11.9. The van der Waals surface area contributed by atoms with Crippen molar-refractivity contribution in [1.82, 2.24) is 19.7 Å². The van der Waals surface area contributed by atoms with Crippen LogP contribution in [0.15, 0.2) is 29.9 Å². The lowest BCUT2D eigenvalue weighted by atomic mass is 10.1. The van der Waals surface area contributed by atoms with Crippen molar-refractivity contribution < 1.29 is 13.2 Å². The Kier molecular flexibility index (Phi) is 5.22. The minimum absolute atomic E-state index is 0.108. The second kappa shape index (κ2) is 7.68. The van der Waals surface area contributed by atoms with Crippen LogP contribution in [0.1, 0.15) is 29.4 Å². The number of hydrogen-bond donors (Lipinski definition) is 1.